The summed E-state index contributed by atoms with van der Waals surface area (Å²) in [5.74, 6) is -0.756. The quantitative estimate of drug-likeness (QED) is 0.496. The lowest BCUT2D eigenvalue weighted by Gasteiger charge is -2.34. The van der Waals surface area contributed by atoms with Crippen LogP contribution in [0.1, 0.15) is 41.5 Å². The SMILES string of the molecule is Cc1cc(CCCO)ccc1CCS(=O)(=O)N1CCC2(CC1)N=C(c1cccc(OC(F)(F)F)c1)NC2=O. The molecule has 12 heteroatoms. The first kappa shape index (κ1) is 28.1. The zero-order valence-electron chi connectivity index (χ0n) is 20.9. The Kier molecular flexibility index (Phi) is 8.15. The number of halogens is 3. The van der Waals surface area contributed by atoms with Crippen LogP contribution in [0.3, 0.4) is 0 Å². The molecule has 38 heavy (non-hydrogen) atoms. The van der Waals surface area contributed by atoms with E-state index in [2.05, 4.69) is 15.0 Å². The van der Waals surface area contributed by atoms with Crippen LogP contribution in [0.2, 0.25) is 0 Å². The number of alkyl halides is 3. The molecular weight excluding hydrogens is 523 g/mol. The fraction of sp³-hybridized carbons (Fsp3) is 0.462. The summed E-state index contributed by atoms with van der Waals surface area (Å²) >= 11 is 0. The summed E-state index contributed by atoms with van der Waals surface area (Å²) < 4.78 is 69.2. The molecule has 0 aromatic heterocycles. The number of nitrogens with zero attached hydrogens (tertiary/aromatic N) is 2. The van der Waals surface area contributed by atoms with Crippen LogP contribution in [-0.2, 0) is 27.7 Å². The normalized spacial score (nSPS) is 17.9. The van der Waals surface area contributed by atoms with Gasteiger partial charge in [-0.3, -0.25) is 9.79 Å². The van der Waals surface area contributed by atoms with E-state index >= 15 is 0 Å². The lowest BCUT2D eigenvalue weighted by molar-refractivity contribution is -0.274. The number of aliphatic hydroxyl groups excluding tert-OH is 1. The summed E-state index contributed by atoms with van der Waals surface area (Å²) in [5, 5.41) is 11.6. The fourth-order valence-corrected chi connectivity index (χ4v) is 6.29. The number of ether oxygens (including phenoxy) is 1. The lowest BCUT2D eigenvalue weighted by atomic mass is 9.89. The first-order chi connectivity index (χ1) is 17.9. The van der Waals surface area contributed by atoms with Crippen molar-refractivity contribution in [3.05, 3.63) is 64.7 Å². The van der Waals surface area contributed by atoms with Gasteiger partial charge in [0.25, 0.3) is 5.91 Å². The van der Waals surface area contributed by atoms with Crippen molar-refractivity contribution in [3.63, 3.8) is 0 Å². The number of hydrogen-bond acceptors (Lipinski definition) is 6. The topological polar surface area (TPSA) is 108 Å². The molecule has 1 amide bonds. The summed E-state index contributed by atoms with van der Waals surface area (Å²) in [4.78, 5) is 17.3. The van der Waals surface area contributed by atoms with E-state index in [1.165, 1.54) is 16.4 Å². The molecule has 4 rings (SSSR count). The van der Waals surface area contributed by atoms with E-state index in [0.29, 0.717) is 12.8 Å². The highest BCUT2D eigenvalue weighted by atomic mass is 32.2. The van der Waals surface area contributed by atoms with E-state index in [-0.39, 0.29) is 49.7 Å². The third kappa shape index (κ3) is 6.54. The maximum atomic E-state index is 13.1. The number of amidine groups is 1. The third-order valence-corrected chi connectivity index (χ3v) is 8.80. The van der Waals surface area contributed by atoms with Crippen molar-refractivity contribution >= 4 is 21.8 Å². The van der Waals surface area contributed by atoms with Crippen molar-refractivity contribution in [2.45, 2.75) is 50.9 Å². The molecule has 2 N–H and O–H groups in total. The maximum Gasteiger partial charge on any atom is 0.573 e. The van der Waals surface area contributed by atoms with Crippen molar-refractivity contribution in [3.8, 4) is 5.75 Å². The van der Waals surface area contributed by atoms with E-state index in [1.807, 2.05) is 25.1 Å². The Labute approximate surface area is 219 Å². The molecule has 0 atom stereocenters. The van der Waals surface area contributed by atoms with Gasteiger partial charge in [-0.1, -0.05) is 30.3 Å². The average Bonchev–Trinajstić information content (AvgIpc) is 3.17. The van der Waals surface area contributed by atoms with Crippen LogP contribution in [0.5, 0.6) is 5.75 Å². The molecule has 1 saturated heterocycles. The van der Waals surface area contributed by atoms with E-state index in [9.17, 15) is 26.4 Å². The third-order valence-electron chi connectivity index (χ3n) is 6.92. The standard InChI is InChI=1S/C26H30F3N3O5S/c1-18-16-19(4-3-14-33)7-8-20(18)9-15-38(35,36)32-12-10-25(11-13-32)24(34)30-23(31-25)21-5-2-6-22(17-21)37-26(27,28)29/h2,5-8,16-17,33H,3-4,9-15H2,1H3,(H,30,31,34). The van der Waals surface area contributed by atoms with Gasteiger partial charge in [-0.25, -0.2) is 12.7 Å². The van der Waals surface area contributed by atoms with Gasteiger partial charge in [0.1, 0.15) is 17.1 Å². The smallest absolute Gasteiger partial charge is 0.406 e. The van der Waals surface area contributed by atoms with Crippen LogP contribution in [-0.4, -0.2) is 66.9 Å². The Bertz CT molecular complexity index is 1320. The number of piperidine rings is 1. The molecule has 0 unspecified atom stereocenters. The Morgan fingerprint density at radius 2 is 1.87 bits per heavy atom. The number of aliphatic imine (C=N–C) groups is 1. The van der Waals surface area contributed by atoms with Crippen LogP contribution in [0, 0.1) is 6.92 Å². The van der Waals surface area contributed by atoms with Crippen molar-refractivity contribution in [1.29, 1.82) is 0 Å². The molecule has 0 saturated carbocycles. The van der Waals surface area contributed by atoms with Crippen LogP contribution >= 0.6 is 0 Å². The summed E-state index contributed by atoms with van der Waals surface area (Å²) in [6, 6.07) is 11.1. The largest absolute Gasteiger partial charge is 0.573 e. The van der Waals surface area contributed by atoms with Crippen molar-refractivity contribution < 1.29 is 36.2 Å². The molecule has 0 bridgehead atoms. The van der Waals surface area contributed by atoms with E-state index < -0.39 is 33.6 Å². The van der Waals surface area contributed by atoms with Gasteiger partial charge < -0.3 is 15.2 Å². The minimum Gasteiger partial charge on any atom is -0.406 e. The van der Waals surface area contributed by atoms with Gasteiger partial charge in [0.05, 0.1) is 5.75 Å². The molecule has 2 aliphatic rings. The Morgan fingerprint density at radius 1 is 1.13 bits per heavy atom. The average molecular weight is 554 g/mol. The molecule has 1 fully saturated rings. The number of amides is 1. The molecular formula is C26H30F3N3O5S. The number of aryl methyl sites for hydroxylation is 3. The summed E-state index contributed by atoms with van der Waals surface area (Å²) in [5.41, 5.74) is 2.14. The number of aliphatic hydroxyl groups is 1. The van der Waals surface area contributed by atoms with Gasteiger partial charge >= 0.3 is 6.36 Å². The molecule has 0 radical (unpaired) electrons. The molecule has 2 aromatic rings. The summed E-state index contributed by atoms with van der Waals surface area (Å²) in [6.45, 7) is 2.29. The van der Waals surface area contributed by atoms with Gasteiger partial charge in [-0.15, -0.1) is 13.2 Å². The molecule has 2 aliphatic heterocycles. The monoisotopic (exact) mass is 553 g/mol. The first-order valence-electron chi connectivity index (χ1n) is 12.4. The predicted molar refractivity (Wildman–Crippen MR) is 135 cm³/mol. The van der Waals surface area contributed by atoms with Crippen LogP contribution < -0.4 is 10.1 Å². The number of sulfonamides is 1. The van der Waals surface area contributed by atoms with Crippen LogP contribution in [0.15, 0.2) is 47.5 Å². The van der Waals surface area contributed by atoms with Crippen LogP contribution in [0.25, 0.3) is 0 Å². The number of rotatable bonds is 9. The second-order valence-corrected chi connectivity index (χ2v) is 11.7. The summed E-state index contributed by atoms with van der Waals surface area (Å²) in [7, 11) is -3.58. The number of carbonyl (C=O) groups is 1. The number of carbonyl (C=O) groups excluding carboxylic acids is 1. The fourth-order valence-electron chi connectivity index (χ4n) is 4.81. The van der Waals surface area contributed by atoms with Gasteiger partial charge in [0.2, 0.25) is 10.0 Å². The second kappa shape index (κ2) is 11.0. The highest BCUT2D eigenvalue weighted by molar-refractivity contribution is 7.89. The number of benzene rings is 2. The van der Waals surface area contributed by atoms with E-state index in [1.54, 1.807) is 0 Å². The molecule has 0 aliphatic carbocycles. The van der Waals surface area contributed by atoms with Crippen molar-refractivity contribution in [1.82, 2.24) is 9.62 Å². The minimum atomic E-state index is -4.85. The van der Waals surface area contributed by atoms with Gasteiger partial charge in [-0.2, -0.15) is 0 Å². The maximum absolute atomic E-state index is 13.1. The van der Waals surface area contributed by atoms with Gasteiger partial charge in [0.15, 0.2) is 0 Å². The zero-order valence-corrected chi connectivity index (χ0v) is 21.7. The highest BCUT2D eigenvalue weighted by Gasteiger charge is 2.47. The molecule has 206 valence electrons. The van der Waals surface area contributed by atoms with E-state index in [4.69, 9.17) is 5.11 Å². The Morgan fingerprint density at radius 3 is 2.53 bits per heavy atom. The van der Waals surface area contributed by atoms with E-state index in [0.717, 1.165) is 35.2 Å². The minimum absolute atomic E-state index is 0.0659. The molecule has 2 aromatic carbocycles. The predicted octanol–water partition coefficient (Wildman–Crippen LogP) is 3.10. The van der Waals surface area contributed by atoms with Crippen LogP contribution in [0.4, 0.5) is 13.2 Å². The molecule has 1 spiro atoms. The Balaban J connectivity index is 1.39. The number of nitrogens with one attached hydrogen (secondary N) is 1. The summed E-state index contributed by atoms with van der Waals surface area (Å²) in [6.07, 6.45) is -2.73. The molecule has 8 nitrogen and oxygen atoms in total. The van der Waals surface area contributed by atoms with Crippen molar-refractivity contribution in [2.75, 3.05) is 25.4 Å². The number of hydrogen-bond donors (Lipinski definition) is 2. The Hall–Kier alpha value is -2.96. The van der Waals surface area contributed by atoms with Gasteiger partial charge in [0, 0.05) is 25.3 Å². The lowest BCUT2D eigenvalue weighted by Crippen LogP contribution is -2.50. The first-order valence-corrected chi connectivity index (χ1v) is 14.0. The van der Waals surface area contributed by atoms with Crippen molar-refractivity contribution in [2.24, 2.45) is 4.99 Å². The second-order valence-electron chi connectivity index (χ2n) is 9.57. The molecule has 2 heterocycles. The zero-order chi connectivity index (χ0) is 27.6. The highest BCUT2D eigenvalue weighted by Crippen LogP contribution is 2.33. The van der Waals surface area contributed by atoms with Gasteiger partial charge in [-0.05, 0) is 67.9 Å².